The Balaban J connectivity index is 2.97. The summed E-state index contributed by atoms with van der Waals surface area (Å²) in [5.41, 5.74) is 2.31. The Bertz CT molecular complexity index is 521. The van der Waals surface area contributed by atoms with Crippen molar-refractivity contribution in [1.29, 1.82) is 0 Å². The van der Waals surface area contributed by atoms with E-state index in [0.29, 0.717) is 12.5 Å². The molecule has 1 N–H and O–H groups in total. The van der Waals surface area contributed by atoms with Gasteiger partial charge in [0.05, 0.1) is 6.61 Å². The van der Waals surface area contributed by atoms with Crippen LogP contribution in [-0.2, 0) is 0 Å². The van der Waals surface area contributed by atoms with Gasteiger partial charge in [0.1, 0.15) is 11.5 Å². The third-order valence-electron chi connectivity index (χ3n) is 3.74. The van der Waals surface area contributed by atoms with Crippen molar-refractivity contribution in [2.45, 2.75) is 47.5 Å². The molecule has 0 aliphatic heterocycles. The Labute approximate surface area is 135 Å². The zero-order chi connectivity index (χ0) is 16.8. The van der Waals surface area contributed by atoms with Crippen molar-refractivity contribution < 1.29 is 9.84 Å². The van der Waals surface area contributed by atoms with Gasteiger partial charge in [-0.15, -0.1) is 6.58 Å². The van der Waals surface area contributed by atoms with Crippen LogP contribution in [0.5, 0.6) is 11.5 Å². The fourth-order valence-electron chi connectivity index (χ4n) is 2.18. The average molecular weight is 302 g/mol. The van der Waals surface area contributed by atoms with E-state index in [2.05, 4.69) is 47.3 Å². The van der Waals surface area contributed by atoms with Crippen LogP contribution in [-0.4, -0.2) is 11.7 Å². The van der Waals surface area contributed by atoms with Crippen LogP contribution < -0.4 is 4.74 Å². The van der Waals surface area contributed by atoms with Crippen LogP contribution in [0.2, 0.25) is 0 Å². The molecular weight excluding hydrogens is 272 g/mol. The topological polar surface area (TPSA) is 29.5 Å². The van der Waals surface area contributed by atoms with Crippen LogP contribution in [0.1, 0.15) is 53.0 Å². The second-order valence-electron chi connectivity index (χ2n) is 7.00. The van der Waals surface area contributed by atoms with E-state index in [1.54, 1.807) is 12.1 Å². The SMILES string of the molecule is C=CC(C=C(C)c1cc(O)ccc1OCCC(C)(C)C)CC. The highest BCUT2D eigenvalue weighted by Crippen LogP contribution is 2.31. The van der Waals surface area contributed by atoms with E-state index >= 15 is 0 Å². The number of aromatic hydroxyl groups is 1. The van der Waals surface area contributed by atoms with Crippen LogP contribution in [0.15, 0.2) is 36.9 Å². The lowest BCUT2D eigenvalue weighted by molar-refractivity contribution is 0.242. The van der Waals surface area contributed by atoms with E-state index in [0.717, 1.165) is 29.7 Å². The monoisotopic (exact) mass is 302 g/mol. The van der Waals surface area contributed by atoms with E-state index in [4.69, 9.17) is 4.74 Å². The van der Waals surface area contributed by atoms with Gasteiger partial charge in [0, 0.05) is 5.56 Å². The second-order valence-corrected chi connectivity index (χ2v) is 7.00. The number of allylic oxidation sites excluding steroid dienone is 3. The van der Waals surface area contributed by atoms with E-state index in [1.807, 2.05) is 12.1 Å². The van der Waals surface area contributed by atoms with Gasteiger partial charge in [0.15, 0.2) is 0 Å². The second kappa shape index (κ2) is 8.07. The predicted octanol–water partition coefficient (Wildman–Crippen LogP) is 5.82. The molecule has 0 heterocycles. The summed E-state index contributed by atoms with van der Waals surface area (Å²) < 4.78 is 5.96. The van der Waals surface area contributed by atoms with Gasteiger partial charge in [-0.25, -0.2) is 0 Å². The lowest BCUT2D eigenvalue weighted by Gasteiger charge is -2.19. The highest BCUT2D eigenvalue weighted by atomic mass is 16.5. The summed E-state index contributed by atoms with van der Waals surface area (Å²) in [6.45, 7) is 15.3. The summed E-state index contributed by atoms with van der Waals surface area (Å²) in [6.07, 6.45) is 6.13. The lowest BCUT2D eigenvalue weighted by atomic mass is 9.93. The standard InChI is InChI=1S/C20H30O2/c1-7-16(8-2)13-15(3)18-14-17(21)9-10-19(18)22-12-11-20(4,5)6/h7,9-10,13-14,16,21H,1,8,11-12H2,2-6H3. The molecule has 0 fully saturated rings. The lowest BCUT2D eigenvalue weighted by Crippen LogP contribution is -2.11. The number of hydrogen-bond donors (Lipinski definition) is 1. The average Bonchev–Trinajstić information content (AvgIpc) is 2.44. The first-order chi connectivity index (χ1) is 10.3. The van der Waals surface area contributed by atoms with Gasteiger partial charge in [0.25, 0.3) is 0 Å². The molecule has 0 aliphatic rings. The van der Waals surface area contributed by atoms with E-state index in [1.165, 1.54) is 0 Å². The predicted molar refractivity (Wildman–Crippen MR) is 95.3 cm³/mol. The van der Waals surface area contributed by atoms with Crippen molar-refractivity contribution in [2.75, 3.05) is 6.61 Å². The fourth-order valence-corrected chi connectivity index (χ4v) is 2.18. The minimum Gasteiger partial charge on any atom is -0.508 e. The summed E-state index contributed by atoms with van der Waals surface area (Å²) in [4.78, 5) is 0. The van der Waals surface area contributed by atoms with Gasteiger partial charge < -0.3 is 9.84 Å². The van der Waals surface area contributed by atoms with Crippen molar-refractivity contribution in [2.24, 2.45) is 11.3 Å². The van der Waals surface area contributed by atoms with Gasteiger partial charge in [-0.2, -0.15) is 0 Å². The Morgan fingerprint density at radius 1 is 1.36 bits per heavy atom. The summed E-state index contributed by atoms with van der Waals surface area (Å²) >= 11 is 0. The van der Waals surface area contributed by atoms with Crippen LogP contribution in [0.4, 0.5) is 0 Å². The summed E-state index contributed by atoms with van der Waals surface area (Å²) in [7, 11) is 0. The van der Waals surface area contributed by atoms with Crippen molar-refractivity contribution in [3.8, 4) is 11.5 Å². The molecule has 2 heteroatoms. The minimum atomic E-state index is 0.248. The Morgan fingerprint density at radius 3 is 2.59 bits per heavy atom. The maximum atomic E-state index is 9.79. The van der Waals surface area contributed by atoms with Gasteiger partial charge in [0.2, 0.25) is 0 Å². The molecule has 0 aliphatic carbocycles. The first-order valence-corrected chi connectivity index (χ1v) is 8.04. The van der Waals surface area contributed by atoms with Crippen molar-refractivity contribution in [1.82, 2.24) is 0 Å². The molecule has 0 amide bonds. The van der Waals surface area contributed by atoms with Crippen LogP contribution in [0.25, 0.3) is 5.57 Å². The number of benzene rings is 1. The van der Waals surface area contributed by atoms with Gasteiger partial charge in [-0.05, 0) is 54.9 Å². The zero-order valence-electron chi connectivity index (χ0n) is 14.6. The third-order valence-corrected chi connectivity index (χ3v) is 3.74. The molecule has 122 valence electrons. The molecule has 22 heavy (non-hydrogen) atoms. The quantitative estimate of drug-likeness (QED) is 0.643. The highest BCUT2D eigenvalue weighted by Gasteiger charge is 2.12. The molecule has 0 saturated carbocycles. The summed E-state index contributed by atoms with van der Waals surface area (Å²) in [5, 5.41) is 9.79. The van der Waals surface area contributed by atoms with Gasteiger partial charge in [-0.3, -0.25) is 0 Å². The largest absolute Gasteiger partial charge is 0.508 e. The molecule has 1 unspecified atom stereocenters. The summed E-state index contributed by atoms with van der Waals surface area (Å²) in [6, 6.07) is 5.29. The van der Waals surface area contributed by atoms with Crippen LogP contribution in [0.3, 0.4) is 0 Å². The Kier molecular flexibility index (Phi) is 6.73. The van der Waals surface area contributed by atoms with E-state index in [-0.39, 0.29) is 11.2 Å². The molecule has 1 aromatic rings. The molecule has 0 bridgehead atoms. The van der Waals surface area contributed by atoms with Crippen molar-refractivity contribution >= 4 is 5.57 Å². The third kappa shape index (κ3) is 5.97. The van der Waals surface area contributed by atoms with E-state index in [9.17, 15) is 5.11 Å². The molecule has 0 saturated heterocycles. The number of phenols is 1. The maximum Gasteiger partial charge on any atom is 0.127 e. The molecule has 0 radical (unpaired) electrons. The molecule has 1 rings (SSSR count). The normalized spacial score (nSPS) is 13.8. The number of hydrogen-bond acceptors (Lipinski definition) is 2. The highest BCUT2D eigenvalue weighted by molar-refractivity contribution is 5.70. The Morgan fingerprint density at radius 2 is 2.05 bits per heavy atom. The number of rotatable bonds is 7. The molecule has 2 nitrogen and oxygen atoms in total. The molecule has 0 spiro atoms. The molecule has 1 atom stereocenters. The first-order valence-electron chi connectivity index (χ1n) is 8.04. The molecule has 1 aromatic carbocycles. The minimum absolute atomic E-state index is 0.248. The first kappa shape index (κ1) is 18.3. The maximum absolute atomic E-state index is 9.79. The molecular formula is C20H30O2. The smallest absolute Gasteiger partial charge is 0.127 e. The van der Waals surface area contributed by atoms with Crippen LogP contribution >= 0.6 is 0 Å². The number of phenolic OH excluding ortho intramolecular Hbond substituents is 1. The van der Waals surface area contributed by atoms with E-state index < -0.39 is 0 Å². The van der Waals surface area contributed by atoms with Gasteiger partial charge >= 0.3 is 0 Å². The molecule has 0 aromatic heterocycles. The van der Waals surface area contributed by atoms with Crippen molar-refractivity contribution in [3.63, 3.8) is 0 Å². The zero-order valence-corrected chi connectivity index (χ0v) is 14.6. The fraction of sp³-hybridized carbons (Fsp3) is 0.500. The Hall–Kier alpha value is -1.70. The van der Waals surface area contributed by atoms with Gasteiger partial charge in [-0.1, -0.05) is 39.8 Å². The summed E-state index contributed by atoms with van der Waals surface area (Å²) in [5.74, 6) is 1.43. The van der Waals surface area contributed by atoms with Crippen molar-refractivity contribution in [3.05, 3.63) is 42.5 Å². The van der Waals surface area contributed by atoms with Crippen LogP contribution in [0, 0.1) is 11.3 Å². The number of ether oxygens (including phenoxy) is 1.